The largest absolute Gasteiger partial charge is 0.313 e. The molecule has 1 aromatic rings. The van der Waals surface area contributed by atoms with Gasteiger partial charge in [0.1, 0.15) is 5.82 Å². The Kier molecular flexibility index (Phi) is 4.44. The number of carbonyl (C=O) groups excluding carboxylic acids is 1. The maximum absolute atomic E-state index is 13.9. The molecule has 2 rings (SSSR count). The Labute approximate surface area is 107 Å². The average Bonchev–Trinajstić information content (AvgIpc) is 2.85. The molecule has 0 aromatic heterocycles. The number of halogens is 1. The molecule has 0 bridgehead atoms. The van der Waals surface area contributed by atoms with Gasteiger partial charge >= 0.3 is 0 Å². The van der Waals surface area contributed by atoms with E-state index < -0.39 is 0 Å². The van der Waals surface area contributed by atoms with Gasteiger partial charge in [-0.2, -0.15) is 0 Å². The minimum Gasteiger partial charge on any atom is -0.313 e. The number of carbonyl (C=O) groups is 1. The second-order valence-corrected chi connectivity index (χ2v) is 4.74. The fourth-order valence-corrected chi connectivity index (χ4v) is 2.29. The van der Waals surface area contributed by atoms with Crippen LogP contribution in [0.2, 0.25) is 0 Å². The summed E-state index contributed by atoms with van der Waals surface area (Å²) >= 11 is 0. The molecular weight excluding hydrogens is 231 g/mol. The van der Waals surface area contributed by atoms with Crippen molar-refractivity contribution in [2.24, 2.45) is 0 Å². The minimum atomic E-state index is -0.274. The number of rotatable bonds is 5. The highest BCUT2D eigenvalue weighted by molar-refractivity contribution is 5.97. The third-order valence-corrected chi connectivity index (χ3v) is 3.31. The van der Waals surface area contributed by atoms with Crippen LogP contribution in [0, 0.1) is 5.82 Å². The molecule has 4 heteroatoms. The topological polar surface area (TPSA) is 32.3 Å². The van der Waals surface area contributed by atoms with Crippen LogP contribution in [0.25, 0.3) is 0 Å². The van der Waals surface area contributed by atoms with Crippen molar-refractivity contribution in [3.05, 3.63) is 35.1 Å². The van der Waals surface area contributed by atoms with Crippen molar-refractivity contribution in [3.8, 4) is 0 Å². The van der Waals surface area contributed by atoms with E-state index in [0.717, 1.165) is 13.1 Å². The molecule has 0 aliphatic carbocycles. The van der Waals surface area contributed by atoms with Crippen molar-refractivity contribution < 1.29 is 9.18 Å². The van der Waals surface area contributed by atoms with Gasteiger partial charge in [-0.15, -0.1) is 0 Å². The molecule has 1 aromatic carbocycles. The summed E-state index contributed by atoms with van der Waals surface area (Å²) in [5.74, 6) is -0.354. The fourth-order valence-electron chi connectivity index (χ4n) is 2.29. The van der Waals surface area contributed by atoms with E-state index in [2.05, 4.69) is 10.2 Å². The Bertz CT molecular complexity index is 428. The first kappa shape index (κ1) is 13.2. The zero-order valence-electron chi connectivity index (χ0n) is 10.7. The fraction of sp³-hybridized carbons (Fsp3) is 0.500. The molecule has 1 N–H and O–H groups in total. The second-order valence-electron chi connectivity index (χ2n) is 4.74. The van der Waals surface area contributed by atoms with E-state index in [0.29, 0.717) is 17.7 Å². The summed E-state index contributed by atoms with van der Waals surface area (Å²) in [6.07, 6.45) is 2.39. The maximum atomic E-state index is 13.9. The molecule has 0 saturated carbocycles. The molecule has 0 radical (unpaired) electrons. The molecule has 0 atom stereocenters. The lowest BCUT2D eigenvalue weighted by molar-refractivity contribution is 0.0993. The van der Waals surface area contributed by atoms with Crippen LogP contribution >= 0.6 is 0 Å². The van der Waals surface area contributed by atoms with E-state index in [1.165, 1.54) is 18.9 Å². The third-order valence-electron chi connectivity index (χ3n) is 3.31. The number of benzene rings is 1. The van der Waals surface area contributed by atoms with Crippen molar-refractivity contribution in [2.45, 2.75) is 19.4 Å². The van der Waals surface area contributed by atoms with Gasteiger partial charge in [0.2, 0.25) is 0 Å². The monoisotopic (exact) mass is 250 g/mol. The molecule has 1 aliphatic heterocycles. The first-order valence-electron chi connectivity index (χ1n) is 6.39. The summed E-state index contributed by atoms with van der Waals surface area (Å²) in [7, 11) is 1.70. The van der Waals surface area contributed by atoms with Crippen molar-refractivity contribution in [2.75, 3.05) is 26.7 Å². The molecule has 98 valence electrons. The molecule has 18 heavy (non-hydrogen) atoms. The summed E-state index contributed by atoms with van der Waals surface area (Å²) < 4.78 is 13.9. The summed E-state index contributed by atoms with van der Waals surface area (Å²) in [6, 6.07) is 4.80. The van der Waals surface area contributed by atoms with Gasteiger partial charge in [-0.3, -0.25) is 9.69 Å². The second kappa shape index (κ2) is 6.07. The lowest BCUT2D eigenvalue weighted by Crippen LogP contribution is -2.20. The van der Waals surface area contributed by atoms with Gasteiger partial charge in [0.05, 0.1) is 6.54 Å². The van der Waals surface area contributed by atoms with Crippen LogP contribution in [-0.4, -0.2) is 37.4 Å². The van der Waals surface area contributed by atoms with Crippen LogP contribution < -0.4 is 5.32 Å². The molecule has 0 spiro atoms. The molecule has 0 unspecified atom stereocenters. The van der Waals surface area contributed by atoms with Gasteiger partial charge in [0, 0.05) is 17.7 Å². The highest BCUT2D eigenvalue weighted by atomic mass is 19.1. The standard InChI is InChI=1S/C14H19FN2O/c1-16-9-14(18)11-4-5-12(13(15)8-11)10-17-6-2-3-7-17/h4-5,8,16H,2-3,6-7,9-10H2,1H3. The lowest BCUT2D eigenvalue weighted by atomic mass is 10.1. The zero-order valence-corrected chi connectivity index (χ0v) is 10.7. The van der Waals surface area contributed by atoms with Crippen LogP contribution in [0.5, 0.6) is 0 Å². The van der Waals surface area contributed by atoms with E-state index in [9.17, 15) is 9.18 Å². The predicted molar refractivity (Wildman–Crippen MR) is 69.2 cm³/mol. The van der Waals surface area contributed by atoms with E-state index in [4.69, 9.17) is 0 Å². The van der Waals surface area contributed by atoms with Crippen LogP contribution in [0.15, 0.2) is 18.2 Å². The quantitative estimate of drug-likeness (QED) is 0.809. The summed E-state index contributed by atoms with van der Waals surface area (Å²) in [5.41, 5.74) is 1.12. The van der Waals surface area contributed by atoms with Gasteiger partial charge in [-0.05, 0) is 39.0 Å². The maximum Gasteiger partial charge on any atom is 0.176 e. The third kappa shape index (κ3) is 3.15. The normalized spacial score (nSPS) is 16.1. The Hall–Kier alpha value is -1.26. The van der Waals surface area contributed by atoms with Crippen molar-refractivity contribution >= 4 is 5.78 Å². The number of nitrogens with one attached hydrogen (secondary N) is 1. The Morgan fingerprint density at radius 2 is 2.11 bits per heavy atom. The molecule has 1 aliphatic rings. The van der Waals surface area contributed by atoms with Crippen LogP contribution in [0.1, 0.15) is 28.8 Å². The van der Waals surface area contributed by atoms with E-state index >= 15 is 0 Å². The molecule has 1 fully saturated rings. The summed E-state index contributed by atoms with van der Waals surface area (Å²) in [4.78, 5) is 13.9. The lowest BCUT2D eigenvalue weighted by Gasteiger charge is -2.15. The van der Waals surface area contributed by atoms with E-state index in [1.807, 2.05) is 0 Å². The number of hydrogen-bond donors (Lipinski definition) is 1. The number of ketones is 1. The smallest absolute Gasteiger partial charge is 0.176 e. The van der Waals surface area contributed by atoms with Gasteiger partial charge in [-0.1, -0.05) is 12.1 Å². The number of Topliss-reactive ketones (excluding diaryl/α,β-unsaturated/α-hetero) is 1. The number of nitrogens with zero attached hydrogens (tertiary/aromatic N) is 1. The van der Waals surface area contributed by atoms with Crippen LogP contribution in [-0.2, 0) is 6.54 Å². The molecule has 0 amide bonds. The van der Waals surface area contributed by atoms with Gasteiger partial charge in [0.15, 0.2) is 5.78 Å². The minimum absolute atomic E-state index is 0.0795. The van der Waals surface area contributed by atoms with Crippen molar-refractivity contribution in [3.63, 3.8) is 0 Å². The molecule has 1 saturated heterocycles. The van der Waals surface area contributed by atoms with Crippen molar-refractivity contribution in [1.82, 2.24) is 10.2 Å². The first-order valence-corrected chi connectivity index (χ1v) is 6.39. The average molecular weight is 250 g/mol. The van der Waals surface area contributed by atoms with Crippen LogP contribution in [0.4, 0.5) is 4.39 Å². The van der Waals surface area contributed by atoms with Gasteiger partial charge in [0.25, 0.3) is 0 Å². The number of likely N-dealkylation sites (tertiary alicyclic amines) is 1. The number of hydrogen-bond acceptors (Lipinski definition) is 3. The SMILES string of the molecule is CNCC(=O)c1ccc(CN2CCCC2)c(F)c1. The number of likely N-dealkylation sites (N-methyl/N-ethyl adjacent to an activating group) is 1. The highest BCUT2D eigenvalue weighted by Gasteiger charge is 2.15. The highest BCUT2D eigenvalue weighted by Crippen LogP contribution is 2.16. The predicted octanol–water partition coefficient (Wildman–Crippen LogP) is 1.82. The summed E-state index contributed by atoms with van der Waals surface area (Å²) in [5, 5.41) is 2.78. The van der Waals surface area contributed by atoms with E-state index in [-0.39, 0.29) is 18.1 Å². The Morgan fingerprint density at radius 3 is 2.72 bits per heavy atom. The van der Waals surface area contributed by atoms with Crippen molar-refractivity contribution in [1.29, 1.82) is 0 Å². The molecule has 1 heterocycles. The zero-order chi connectivity index (χ0) is 13.0. The molecule has 3 nitrogen and oxygen atoms in total. The Balaban J connectivity index is 2.06. The van der Waals surface area contributed by atoms with Gasteiger partial charge < -0.3 is 5.32 Å². The van der Waals surface area contributed by atoms with Crippen LogP contribution in [0.3, 0.4) is 0 Å². The molecular formula is C14H19FN2O. The summed E-state index contributed by atoms with van der Waals surface area (Å²) in [6.45, 7) is 2.97. The Morgan fingerprint density at radius 1 is 1.39 bits per heavy atom. The van der Waals surface area contributed by atoms with Gasteiger partial charge in [-0.25, -0.2) is 4.39 Å². The van der Waals surface area contributed by atoms with E-state index in [1.54, 1.807) is 19.2 Å². The first-order chi connectivity index (χ1) is 8.70.